The average Bonchev–Trinajstić information content (AvgIpc) is 3.62. The number of carbonyl (C=O) groups is 4. The SMILES string of the molecule is CC[C@H](C)[C@@H]([C@@H](CC(=O)N1CCC[C@H]1[C@H](OC)[C@@H](C)C(=O)N[C@H](C)[C@@H](O)c1ccccc1)OC)N(C)C(=O)[C@@H](NC(=O)[C@H](C(C)C)N(C)C(C)(C)C)C(C)C. The largest absolute Gasteiger partial charge is 0.386 e. The summed E-state index contributed by atoms with van der Waals surface area (Å²) >= 11 is 0. The monoisotopic (exact) mass is 774 g/mol. The molecule has 55 heavy (non-hydrogen) atoms. The number of nitrogens with zero attached hydrogens (tertiary/aromatic N) is 3. The number of nitrogens with one attached hydrogen (secondary N) is 2. The summed E-state index contributed by atoms with van der Waals surface area (Å²) in [6, 6.07) is 6.65. The first kappa shape index (κ1) is 48.1. The van der Waals surface area contributed by atoms with Gasteiger partial charge in [-0.05, 0) is 70.9 Å². The number of ether oxygens (including phenoxy) is 2. The van der Waals surface area contributed by atoms with Gasteiger partial charge >= 0.3 is 0 Å². The smallest absolute Gasteiger partial charge is 0.245 e. The molecule has 10 atom stereocenters. The molecule has 0 aliphatic carbocycles. The molecule has 0 spiro atoms. The predicted molar refractivity (Wildman–Crippen MR) is 218 cm³/mol. The number of carbonyl (C=O) groups excluding carboxylic acids is 4. The van der Waals surface area contributed by atoms with E-state index >= 15 is 0 Å². The highest BCUT2D eigenvalue weighted by Gasteiger charge is 2.43. The van der Waals surface area contributed by atoms with Crippen molar-refractivity contribution in [1.29, 1.82) is 0 Å². The minimum atomic E-state index is -0.878. The number of amides is 4. The minimum Gasteiger partial charge on any atom is -0.386 e. The minimum absolute atomic E-state index is 0.0159. The van der Waals surface area contributed by atoms with Crippen LogP contribution in [-0.2, 0) is 28.7 Å². The highest BCUT2D eigenvalue weighted by Crippen LogP contribution is 2.30. The Morgan fingerprint density at radius 3 is 2.00 bits per heavy atom. The molecule has 0 radical (unpaired) electrons. The van der Waals surface area contributed by atoms with Crippen LogP contribution < -0.4 is 10.6 Å². The zero-order valence-electron chi connectivity index (χ0n) is 36.6. The molecule has 1 aliphatic rings. The zero-order chi connectivity index (χ0) is 41.9. The second kappa shape index (κ2) is 21.5. The van der Waals surface area contributed by atoms with E-state index in [0.29, 0.717) is 18.5 Å². The summed E-state index contributed by atoms with van der Waals surface area (Å²) in [5.74, 6) is -1.62. The summed E-state index contributed by atoms with van der Waals surface area (Å²) in [6.07, 6.45) is 0.119. The molecule has 4 amide bonds. The second-order valence-corrected chi connectivity index (χ2v) is 17.4. The third kappa shape index (κ3) is 12.5. The maximum atomic E-state index is 14.4. The van der Waals surface area contributed by atoms with Gasteiger partial charge < -0.3 is 35.0 Å². The molecule has 1 aromatic rings. The molecule has 3 N–H and O–H groups in total. The van der Waals surface area contributed by atoms with Crippen LogP contribution in [0.4, 0.5) is 0 Å². The maximum Gasteiger partial charge on any atom is 0.245 e. The van der Waals surface area contributed by atoms with E-state index in [2.05, 4.69) is 43.2 Å². The van der Waals surface area contributed by atoms with Gasteiger partial charge in [0, 0.05) is 33.4 Å². The van der Waals surface area contributed by atoms with E-state index < -0.39 is 48.4 Å². The van der Waals surface area contributed by atoms with Crippen molar-refractivity contribution >= 4 is 23.6 Å². The first-order chi connectivity index (χ1) is 25.6. The fraction of sp³-hybridized carbons (Fsp3) is 0.767. The van der Waals surface area contributed by atoms with Crippen LogP contribution in [-0.4, -0.2) is 126 Å². The molecule has 0 bridgehead atoms. The van der Waals surface area contributed by atoms with Crippen molar-refractivity contribution in [2.75, 3.05) is 34.9 Å². The summed E-state index contributed by atoms with van der Waals surface area (Å²) in [7, 11) is 6.81. The fourth-order valence-corrected chi connectivity index (χ4v) is 7.99. The molecule has 1 saturated heterocycles. The van der Waals surface area contributed by atoms with E-state index in [1.807, 2.05) is 72.0 Å². The Hall–Kier alpha value is -3.06. The Morgan fingerprint density at radius 1 is 0.909 bits per heavy atom. The maximum absolute atomic E-state index is 14.4. The Kier molecular flexibility index (Phi) is 18.8. The quantitative estimate of drug-likeness (QED) is 0.168. The number of likely N-dealkylation sites (tertiary alicyclic amines) is 1. The Morgan fingerprint density at radius 2 is 1.51 bits per heavy atom. The fourth-order valence-electron chi connectivity index (χ4n) is 7.99. The van der Waals surface area contributed by atoms with Gasteiger partial charge in [0.2, 0.25) is 23.6 Å². The van der Waals surface area contributed by atoms with Crippen molar-refractivity contribution in [3.8, 4) is 0 Å². The van der Waals surface area contributed by atoms with Gasteiger partial charge in [0.1, 0.15) is 6.04 Å². The van der Waals surface area contributed by atoms with Gasteiger partial charge in [0.25, 0.3) is 0 Å². The average molecular weight is 774 g/mol. The van der Waals surface area contributed by atoms with E-state index in [-0.39, 0.29) is 59.4 Å². The van der Waals surface area contributed by atoms with Crippen LogP contribution >= 0.6 is 0 Å². The van der Waals surface area contributed by atoms with Gasteiger partial charge in [0.15, 0.2) is 0 Å². The summed E-state index contributed by atoms with van der Waals surface area (Å²) in [5.41, 5.74) is 0.454. The van der Waals surface area contributed by atoms with E-state index in [1.165, 1.54) is 0 Å². The van der Waals surface area contributed by atoms with E-state index in [1.54, 1.807) is 44.9 Å². The van der Waals surface area contributed by atoms with Gasteiger partial charge in [-0.25, -0.2) is 0 Å². The second-order valence-electron chi connectivity index (χ2n) is 17.4. The van der Waals surface area contributed by atoms with Crippen molar-refractivity contribution in [2.45, 2.75) is 156 Å². The van der Waals surface area contributed by atoms with E-state index in [9.17, 15) is 24.3 Å². The summed E-state index contributed by atoms with van der Waals surface area (Å²) in [6.45, 7) is 22.2. The highest BCUT2D eigenvalue weighted by atomic mass is 16.5. The van der Waals surface area contributed by atoms with Crippen molar-refractivity contribution < 1.29 is 33.8 Å². The molecule has 12 nitrogen and oxygen atoms in total. The summed E-state index contributed by atoms with van der Waals surface area (Å²) in [5, 5.41) is 16.9. The van der Waals surface area contributed by atoms with Crippen molar-refractivity contribution in [1.82, 2.24) is 25.3 Å². The Balaban J connectivity index is 2.28. The van der Waals surface area contributed by atoms with E-state index in [4.69, 9.17) is 9.47 Å². The van der Waals surface area contributed by atoms with E-state index in [0.717, 1.165) is 12.8 Å². The Labute approximate surface area is 332 Å². The predicted octanol–water partition coefficient (Wildman–Crippen LogP) is 5.04. The lowest BCUT2D eigenvalue weighted by atomic mass is 9.89. The van der Waals surface area contributed by atoms with Crippen molar-refractivity contribution in [2.24, 2.45) is 23.7 Å². The first-order valence-corrected chi connectivity index (χ1v) is 20.3. The van der Waals surface area contributed by atoms with Crippen LogP contribution in [0.2, 0.25) is 0 Å². The third-order valence-electron chi connectivity index (χ3n) is 11.8. The zero-order valence-corrected chi connectivity index (χ0v) is 36.6. The molecule has 12 heteroatoms. The highest BCUT2D eigenvalue weighted by molar-refractivity contribution is 5.90. The van der Waals surface area contributed by atoms with Crippen molar-refractivity contribution in [3.05, 3.63) is 35.9 Å². The van der Waals surface area contributed by atoms with Crippen LogP contribution in [0.5, 0.6) is 0 Å². The number of rotatable bonds is 20. The standard InChI is InChI=1S/C43H75N5O7/c1-16-28(6)37(46(12)42(53)35(26(2)3)45-41(52)36(27(4)5)47(13)43(9,10)11)33(54-14)25-34(49)48-24-20-23-32(48)39(55-15)29(7)40(51)44-30(8)38(50)31-21-18-17-19-22-31/h17-19,21-22,26-30,32-33,35-39,50H,16,20,23-25H2,1-15H3,(H,44,51)(H,45,52)/t28-,29+,30+,32-,33+,35-,36-,37-,38+,39+/m0/s1. The van der Waals surface area contributed by atoms with Gasteiger partial charge in [0.05, 0.1) is 54.8 Å². The summed E-state index contributed by atoms with van der Waals surface area (Å²) < 4.78 is 12.0. The lowest BCUT2D eigenvalue weighted by Crippen LogP contribution is -2.61. The third-order valence-corrected chi connectivity index (χ3v) is 11.8. The molecule has 1 aliphatic heterocycles. The van der Waals surface area contributed by atoms with Crippen molar-refractivity contribution in [3.63, 3.8) is 0 Å². The molecule has 1 heterocycles. The molecule has 2 rings (SSSR count). The molecular formula is C43H75N5O7. The van der Waals surface area contributed by atoms with Gasteiger partial charge in [-0.1, -0.05) is 85.2 Å². The van der Waals surface area contributed by atoms with Crippen LogP contribution in [0.1, 0.15) is 114 Å². The van der Waals surface area contributed by atoms with Crippen LogP contribution in [0.25, 0.3) is 0 Å². The number of aliphatic hydroxyl groups is 1. The molecule has 1 aromatic carbocycles. The molecule has 1 fully saturated rings. The van der Waals surface area contributed by atoms with Gasteiger partial charge in [-0.3, -0.25) is 24.1 Å². The number of benzene rings is 1. The molecule has 0 aromatic heterocycles. The van der Waals surface area contributed by atoms with Crippen LogP contribution in [0, 0.1) is 23.7 Å². The van der Waals surface area contributed by atoms with Crippen LogP contribution in [0.3, 0.4) is 0 Å². The lowest BCUT2D eigenvalue weighted by molar-refractivity contribution is -0.148. The number of aliphatic hydroxyl groups excluding tert-OH is 1. The number of hydrogen-bond donors (Lipinski definition) is 3. The van der Waals surface area contributed by atoms with Gasteiger partial charge in [-0.2, -0.15) is 0 Å². The number of hydrogen-bond acceptors (Lipinski definition) is 8. The Bertz CT molecular complexity index is 1370. The van der Waals surface area contributed by atoms with Gasteiger partial charge in [-0.15, -0.1) is 0 Å². The first-order valence-electron chi connectivity index (χ1n) is 20.3. The number of methoxy groups -OCH3 is 2. The number of likely N-dealkylation sites (N-methyl/N-ethyl adjacent to an activating group) is 2. The topological polar surface area (TPSA) is 141 Å². The molecule has 314 valence electrons. The normalized spacial score (nSPS) is 20.0. The molecule has 0 saturated carbocycles. The van der Waals surface area contributed by atoms with Crippen LogP contribution in [0.15, 0.2) is 30.3 Å². The summed E-state index contributed by atoms with van der Waals surface area (Å²) in [4.78, 5) is 61.5. The molecular weight excluding hydrogens is 699 g/mol. The lowest BCUT2D eigenvalue weighted by Gasteiger charge is -2.42. The molecule has 0 unspecified atom stereocenters.